The summed E-state index contributed by atoms with van der Waals surface area (Å²) >= 11 is 0. The van der Waals surface area contributed by atoms with E-state index in [2.05, 4.69) is 0 Å². The van der Waals surface area contributed by atoms with E-state index in [4.69, 9.17) is 11.5 Å². The monoisotopic (exact) mass is 562 g/mol. The van der Waals surface area contributed by atoms with Crippen molar-refractivity contribution in [3.8, 4) is 0 Å². The molecule has 1 aliphatic carbocycles. The molecule has 0 saturated heterocycles. The smallest absolute Gasteiger partial charge is 0.810 e. The fourth-order valence-corrected chi connectivity index (χ4v) is 2.41. The Balaban J connectivity index is -0.000000205. The molecule has 148 valence electrons. The minimum absolute atomic E-state index is 0. The maximum Gasteiger partial charge on any atom is 2.00 e. The van der Waals surface area contributed by atoms with Crippen molar-refractivity contribution in [1.29, 1.82) is 0 Å². The molecule has 0 aliphatic heterocycles. The number of carbonyl (C=O) groups excluding carboxylic acids is 3. The summed E-state index contributed by atoms with van der Waals surface area (Å²) in [7, 11) is -5.13. The quantitative estimate of drug-likeness (QED) is 0.261. The summed E-state index contributed by atoms with van der Waals surface area (Å²) in [6, 6.07) is -1.38. The van der Waals surface area contributed by atoms with E-state index in [9.17, 15) is 38.9 Å². The number of nitrogens with one attached hydrogen (secondary N) is 1. The van der Waals surface area contributed by atoms with Crippen LogP contribution < -0.4 is 36.8 Å². The van der Waals surface area contributed by atoms with Crippen LogP contribution in [0.25, 0.3) is 0 Å². The van der Waals surface area contributed by atoms with Gasteiger partial charge in [0.05, 0.1) is 18.2 Å². The number of rotatable bonds is 6. The van der Waals surface area contributed by atoms with Crippen LogP contribution in [0, 0.1) is 0 Å². The maximum absolute atomic E-state index is 10.8. The van der Waals surface area contributed by atoms with Crippen molar-refractivity contribution in [2.45, 2.75) is 50.2 Å². The minimum Gasteiger partial charge on any atom is -0.810 e. The zero-order valence-corrected chi connectivity index (χ0v) is 16.3. The van der Waals surface area contributed by atoms with Crippen molar-refractivity contribution in [2.75, 3.05) is 6.16 Å². The van der Waals surface area contributed by atoms with E-state index in [0.717, 1.165) is 12.8 Å². The Labute approximate surface area is 161 Å². The first-order valence-electron chi connectivity index (χ1n) is 7.14. The van der Waals surface area contributed by atoms with Crippen LogP contribution in [0.5, 0.6) is 0 Å². The average molecular weight is 562 g/mol. The molecule has 0 aromatic heterocycles. The van der Waals surface area contributed by atoms with Crippen molar-refractivity contribution in [3.05, 3.63) is 0 Å². The second-order valence-electron chi connectivity index (χ2n) is 5.40. The third-order valence-electron chi connectivity index (χ3n) is 3.20. The standard InChI is InChI=1S/C6H14N2.C6H10NO8P.Pt/c7-5-3-1-2-4-6(5)8;8-4(2-16(13,14)15)7-3(6(11)12)1-5(9)10;/h5-6H,1-4,7-8H2;3H,1-2H2,(H,7,8)(H,9,10)(H,11,12)(H2,13,14,15);/q;;+2/p-2. The molecule has 0 aromatic rings. The van der Waals surface area contributed by atoms with Gasteiger partial charge in [-0.25, -0.2) is 0 Å². The normalized spacial score (nSPS) is 21.0. The van der Waals surface area contributed by atoms with E-state index in [-0.39, 0.29) is 36.0 Å². The van der Waals surface area contributed by atoms with Crippen LogP contribution in [0.1, 0.15) is 35.0 Å². The number of carboxylic acids is 2. The van der Waals surface area contributed by atoms with Crippen LogP contribution >= 0.6 is 7.60 Å². The second-order valence-corrected chi connectivity index (χ2v) is 6.93. The van der Waals surface area contributed by atoms with Gasteiger partial charge in [-0.3, -0.25) is 4.79 Å². The maximum atomic E-state index is 10.8. The van der Waals surface area contributed by atoms with Gasteiger partial charge in [-0.1, -0.05) is 20.4 Å². The SMILES string of the molecule is NC1CCCCC1N.O=C([O-])CC(NC(=O)CP(=O)([O-])[O-])C(=O)[O-].[H+].[H+].[Pt+2]. The van der Waals surface area contributed by atoms with E-state index in [0.29, 0.717) is 0 Å². The summed E-state index contributed by atoms with van der Waals surface area (Å²) in [6.45, 7) is 0. The predicted octanol–water partition coefficient (Wildman–Crippen LogP) is -5.29. The third-order valence-corrected chi connectivity index (χ3v) is 3.88. The molecule has 11 nitrogen and oxygen atoms in total. The molecule has 1 aliphatic rings. The molecule has 1 fully saturated rings. The largest absolute Gasteiger partial charge is 2.00 e. The molecule has 0 bridgehead atoms. The van der Waals surface area contributed by atoms with E-state index < -0.39 is 44.1 Å². The van der Waals surface area contributed by atoms with Gasteiger partial charge in [-0.2, -0.15) is 0 Å². The molecule has 0 aromatic carbocycles. The van der Waals surface area contributed by atoms with E-state index in [1.165, 1.54) is 18.2 Å². The first-order valence-corrected chi connectivity index (χ1v) is 8.87. The molecule has 25 heavy (non-hydrogen) atoms. The third kappa shape index (κ3) is 14.1. The fraction of sp³-hybridized carbons (Fsp3) is 0.750. The van der Waals surface area contributed by atoms with Gasteiger partial charge in [0.2, 0.25) is 5.91 Å². The van der Waals surface area contributed by atoms with Crippen molar-refractivity contribution in [1.82, 2.24) is 5.32 Å². The Kier molecular flexibility index (Phi) is 13.2. The van der Waals surface area contributed by atoms with Gasteiger partial charge < -0.3 is 50.9 Å². The van der Waals surface area contributed by atoms with Gasteiger partial charge in [0, 0.05) is 24.5 Å². The zero-order valence-electron chi connectivity index (χ0n) is 15.2. The number of aliphatic carboxylic acids is 2. The van der Waals surface area contributed by atoms with Gasteiger partial charge >= 0.3 is 23.9 Å². The molecule has 13 heteroatoms. The number of nitrogens with two attached hydrogens (primary N) is 2. The predicted molar refractivity (Wildman–Crippen MR) is 75.7 cm³/mol. The topological polar surface area (TPSA) is 225 Å². The Bertz CT molecular complexity index is 501. The summed E-state index contributed by atoms with van der Waals surface area (Å²) in [5, 5.41) is 21.9. The van der Waals surface area contributed by atoms with E-state index >= 15 is 0 Å². The molecule has 0 spiro atoms. The summed E-state index contributed by atoms with van der Waals surface area (Å²) in [4.78, 5) is 51.4. The molecule has 5 N–H and O–H groups in total. The van der Waals surface area contributed by atoms with Gasteiger partial charge in [0.25, 0.3) is 0 Å². The molecular formula is C12H22N3O8PPt. The van der Waals surface area contributed by atoms with Gasteiger partial charge in [-0.05, 0) is 12.8 Å². The van der Waals surface area contributed by atoms with Crippen molar-refractivity contribution >= 4 is 25.4 Å². The van der Waals surface area contributed by atoms with Crippen molar-refractivity contribution in [2.24, 2.45) is 11.5 Å². The molecule has 3 atom stereocenters. The molecule has 0 heterocycles. The van der Waals surface area contributed by atoms with Crippen LogP contribution in [0.3, 0.4) is 0 Å². The Morgan fingerprint density at radius 3 is 1.84 bits per heavy atom. The summed E-state index contributed by atoms with van der Waals surface area (Å²) in [5.74, 6) is -5.12. The Hall–Kier alpha value is -0.832. The number of carbonyl (C=O) groups is 3. The van der Waals surface area contributed by atoms with Gasteiger partial charge in [0.1, 0.15) is 0 Å². The number of carboxylic acid groups (broad SMARTS) is 2. The average Bonchev–Trinajstić information content (AvgIpc) is 2.39. The fourth-order valence-electron chi connectivity index (χ4n) is 1.96. The Morgan fingerprint density at radius 1 is 1.12 bits per heavy atom. The van der Waals surface area contributed by atoms with Crippen molar-refractivity contribution < 1.29 is 62.9 Å². The number of amides is 1. The van der Waals surface area contributed by atoms with Crippen molar-refractivity contribution in [3.63, 3.8) is 0 Å². The first kappa shape index (κ1) is 26.4. The van der Waals surface area contributed by atoms with Gasteiger partial charge in [-0.15, -0.1) is 0 Å². The number of hydrogen-bond acceptors (Lipinski definition) is 10. The summed E-state index contributed by atoms with van der Waals surface area (Å²) in [6.07, 6.45) is 2.26. The van der Waals surface area contributed by atoms with E-state index in [1.54, 1.807) is 0 Å². The van der Waals surface area contributed by atoms with Crippen LogP contribution in [0.2, 0.25) is 0 Å². The molecule has 1 rings (SSSR count). The van der Waals surface area contributed by atoms with Crippen LogP contribution in [-0.2, 0) is 40.0 Å². The summed E-state index contributed by atoms with van der Waals surface area (Å²) < 4.78 is 10.1. The molecular weight excluding hydrogens is 540 g/mol. The zero-order chi connectivity index (χ0) is 18.9. The first-order chi connectivity index (χ1) is 10.9. The van der Waals surface area contributed by atoms with E-state index in [1.807, 2.05) is 0 Å². The Morgan fingerprint density at radius 2 is 1.56 bits per heavy atom. The molecule has 1 amide bonds. The van der Waals surface area contributed by atoms with Crippen LogP contribution in [0.15, 0.2) is 0 Å². The molecule has 1 saturated carbocycles. The van der Waals surface area contributed by atoms with Crippen LogP contribution in [0.4, 0.5) is 0 Å². The van der Waals surface area contributed by atoms with Crippen LogP contribution in [-0.4, -0.2) is 42.1 Å². The molecule has 0 radical (unpaired) electrons. The number of hydrogen-bond donors (Lipinski definition) is 3. The summed E-state index contributed by atoms with van der Waals surface area (Å²) in [5.41, 5.74) is 11.3. The van der Waals surface area contributed by atoms with Gasteiger partial charge in [0.15, 0.2) is 0 Å². The minimum atomic E-state index is -5.13. The second kappa shape index (κ2) is 12.5. The molecule has 3 unspecified atom stereocenters.